The predicted octanol–water partition coefficient (Wildman–Crippen LogP) is 1.43. The number of ketones is 2. The van der Waals surface area contributed by atoms with Crippen LogP contribution in [-0.4, -0.2) is 223 Å². The Morgan fingerprint density at radius 3 is 1.72 bits per heavy atom. The number of ether oxygens (including phenoxy) is 12. The number of carbonyl (C=O) groups excluding carboxylic acids is 3. The number of allylic oxidation sites excluding steroid dienone is 3. The van der Waals surface area contributed by atoms with Gasteiger partial charge in [0, 0.05) is 56.8 Å². The van der Waals surface area contributed by atoms with Crippen LogP contribution in [0.25, 0.3) is 10.8 Å². The van der Waals surface area contributed by atoms with E-state index in [9.17, 15) is 60.7 Å². The number of Topliss-reactive ketones (excluding diaryl/α,β-unsaturated/α-hetero) is 2. The Bertz CT molecular complexity index is 2660. The summed E-state index contributed by atoms with van der Waals surface area (Å²) in [4.78, 5) is 41.6. The minimum absolute atomic E-state index is 0.0624. The average molecular weight is 1180 g/mol. The molecule has 0 radical (unpaired) electrons. The number of rotatable bonds is 18. The van der Waals surface area contributed by atoms with Crippen LogP contribution in [0.15, 0.2) is 36.4 Å². The smallest absolute Gasteiger partial charge is 0.331 e. The maximum atomic E-state index is 15.1. The van der Waals surface area contributed by atoms with Gasteiger partial charge in [-0.1, -0.05) is 18.2 Å². The molecule has 1 aliphatic carbocycles. The Kier molecular flexibility index (Phi) is 20.8. The first-order chi connectivity index (χ1) is 39.1. The van der Waals surface area contributed by atoms with Gasteiger partial charge < -0.3 is 108 Å². The molecule has 5 saturated heterocycles. The third-order valence-electron chi connectivity index (χ3n) is 16.7. The molecule has 464 valence electrons. The summed E-state index contributed by atoms with van der Waals surface area (Å²) in [5.41, 5.74) is -1.52. The fourth-order valence-electron chi connectivity index (χ4n) is 11.9. The van der Waals surface area contributed by atoms with Crippen LogP contribution in [0, 0.1) is 12.8 Å². The average Bonchev–Trinajstić information content (AvgIpc) is 2.52. The van der Waals surface area contributed by atoms with Gasteiger partial charge in [0.2, 0.25) is 6.29 Å². The first-order valence-electron chi connectivity index (χ1n) is 28.3. The lowest BCUT2D eigenvalue weighted by Crippen LogP contribution is -2.58. The molecule has 6 aliphatic rings. The Morgan fingerprint density at radius 1 is 0.699 bits per heavy atom. The van der Waals surface area contributed by atoms with E-state index >= 15 is 4.79 Å². The summed E-state index contributed by atoms with van der Waals surface area (Å²) in [6.07, 6.45) is -21.4. The zero-order valence-corrected chi connectivity index (χ0v) is 48.2. The van der Waals surface area contributed by atoms with Crippen molar-refractivity contribution in [2.75, 3.05) is 7.11 Å². The number of carbonyl (C=O) groups is 3. The number of fused-ring (bicyclic) bond motifs is 2. The van der Waals surface area contributed by atoms with Gasteiger partial charge in [0.05, 0.1) is 71.5 Å². The van der Waals surface area contributed by atoms with Crippen molar-refractivity contribution in [1.29, 1.82) is 0 Å². The summed E-state index contributed by atoms with van der Waals surface area (Å²) in [5, 5.41) is 111. The maximum Gasteiger partial charge on any atom is 0.331 e. The highest BCUT2D eigenvalue weighted by Gasteiger charge is 2.52. The van der Waals surface area contributed by atoms with Crippen molar-refractivity contribution < 1.29 is 122 Å². The van der Waals surface area contributed by atoms with Crippen molar-refractivity contribution in [2.24, 2.45) is 5.92 Å². The van der Waals surface area contributed by atoms with Gasteiger partial charge in [-0.3, -0.25) is 9.59 Å². The fourth-order valence-corrected chi connectivity index (χ4v) is 11.9. The minimum atomic E-state index is -1.96. The van der Waals surface area contributed by atoms with E-state index in [1.165, 1.54) is 59.1 Å². The third kappa shape index (κ3) is 14.1. The lowest BCUT2D eigenvalue weighted by molar-refractivity contribution is -0.334. The number of phenols is 2. The topological polar surface area (TPSA) is 364 Å². The number of benzene rings is 2. The second-order valence-corrected chi connectivity index (χ2v) is 23.0. The molecule has 10 N–H and O–H groups in total. The molecule has 25 nitrogen and oxygen atoms in total. The number of esters is 1. The number of aliphatic hydroxyl groups is 8. The maximum absolute atomic E-state index is 15.1. The molecule has 2 aromatic carbocycles. The van der Waals surface area contributed by atoms with Gasteiger partial charge in [0.25, 0.3) is 0 Å². The Balaban J connectivity index is 1.02. The molecular formula is C58H82O25. The van der Waals surface area contributed by atoms with Crippen molar-refractivity contribution in [2.45, 2.75) is 248 Å². The van der Waals surface area contributed by atoms with Crippen LogP contribution in [0.4, 0.5) is 0 Å². The van der Waals surface area contributed by atoms with Crippen molar-refractivity contribution >= 4 is 28.3 Å². The van der Waals surface area contributed by atoms with Gasteiger partial charge >= 0.3 is 5.97 Å². The zero-order valence-electron chi connectivity index (χ0n) is 48.2. The van der Waals surface area contributed by atoms with E-state index in [1.807, 2.05) is 0 Å². The van der Waals surface area contributed by atoms with Gasteiger partial charge in [-0.05, 0) is 91.8 Å². The molecule has 25 atom stereocenters. The van der Waals surface area contributed by atoms with Crippen LogP contribution >= 0.6 is 0 Å². The van der Waals surface area contributed by atoms with Gasteiger partial charge in [-0.2, -0.15) is 0 Å². The number of methoxy groups -OCH3 is 1. The molecule has 2 aromatic rings. The standard InChI is InChI=1S/C58H82O25/c1-11-12-13-14-38(60)78-34-18-40(74-25(4)48(34)63)80-35-19-39(73-26(5)49(35)64)79-33-17-31-15-30-16-32(55(72-10)54(69)47(62)24(3)59)56(53(68)45(30)52(67)44(31)46(61)23(33)2)83-42-21-36(50(65)28(7)76-42)81-41-20-37(51(66)27(6)75-41)82-43-22-58(9,71)57(70)29(8)77-43/h11-15,17,24-29,32,34-37,39-43,47-51,55-57,59,61-67,70-71H,16,18-22H2,1-10H3/t24-,25?,26?,27?,28?,29?,32+,34-,35-,36-,37-,39+,40+,41+,42+,43+,47+,48-,49-,50-,51+,55+,56+,57-,58+/m1/s1. The lowest BCUT2D eigenvalue weighted by Gasteiger charge is -2.46. The van der Waals surface area contributed by atoms with Gasteiger partial charge in [-0.15, -0.1) is 0 Å². The summed E-state index contributed by atoms with van der Waals surface area (Å²) in [6.45, 7) is 13.9. The van der Waals surface area contributed by atoms with Crippen LogP contribution in [0.2, 0.25) is 0 Å². The van der Waals surface area contributed by atoms with Crippen molar-refractivity contribution in [3.8, 4) is 17.2 Å². The lowest BCUT2D eigenvalue weighted by atomic mass is 9.75. The van der Waals surface area contributed by atoms with E-state index in [0.717, 1.165) is 0 Å². The van der Waals surface area contributed by atoms with E-state index in [1.54, 1.807) is 46.8 Å². The van der Waals surface area contributed by atoms with Crippen LogP contribution in [0.5, 0.6) is 17.2 Å². The number of aromatic hydroxyl groups is 2. The molecule has 25 heteroatoms. The van der Waals surface area contributed by atoms with E-state index < -0.39 is 182 Å². The molecule has 5 aliphatic heterocycles. The molecule has 0 spiro atoms. The van der Waals surface area contributed by atoms with Crippen LogP contribution in [0.1, 0.15) is 109 Å². The summed E-state index contributed by atoms with van der Waals surface area (Å²) in [5.74, 6) is -4.84. The summed E-state index contributed by atoms with van der Waals surface area (Å²) < 4.78 is 72.6. The number of phenolic OH excluding ortho intramolecular Hbond substituents is 2. The largest absolute Gasteiger partial charge is 0.507 e. The number of hydrogen-bond donors (Lipinski definition) is 10. The second kappa shape index (κ2) is 26.7. The monoisotopic (exact) mass is 1180 g/mol. The van der Waals surface area contributed by atoms with Gasteiger partial charge in [0.15, 0.2) is 36.7 Å². The van der Waals surface area contributed by atoms with E-state index in [-0.39, 0.29) is 71.7 Å². The van der Waals surface area contributed by atoms with Crippen molar-refractivity contribution in [3.63, 3.8) is 0 Å². The highest BCUT2D eigenvalue weighted by molar-refractivity contribution is 6.11. The summed E-state index contributed by atoms with van der Waals surface area (Å²) in [6, 6.07) is 3.02. The predicted molar refractivity (Wildman–Crippen MR) is 286 cm³/mol. The Morgan fingerprint density at radius 2 is 1.19 bits per heavy atom. The number of hydrogen-bond acceptors (Lipinski definition) is 25. The quantitative estimate of drug-likeness (QED) is 0.0573. The first kappa shape index (κ1) is 64.7. The van der Waals surface area contributed by atoms with E-state index in [0.29, 0.717) is 0 Å². The third-order valence-corrected chi connectivity index (χ3v) is 16.7. The molecule has 0 bridgehead atoms. The molecule has 8 rings (SSSR count). The SMILES string of the molecule is CC=CC=CC(=O)O[C@@H]1C[C@H](O[C@@H]2C[C@H](Oc3cc4cc5c(c(O)c4c(O)c3C)C(=O)[C@@H](O[C@H]3C[C@@H](O[C@H]4C[C@@H](O[C@H]6C[C@](C)(O)[C@H](O)C(C)O6)[C@@H](O)C(C)O4)[C@H](O)C(C)O3)[C@H]([C@H](OC)C(=O)[C@@H](O)[C@@H](C)O)C5)OC(C)[C@H]2O)OC(C)[C@H]1O. The molecule has 0 saturated carbocycles. The van der Waals surface area contributed by atoms with Crippen LogP contribution in [0.3, 0.4) is 0 Å². The fraction of sp³-hybridized carbons (Fsp3) is 0.707. The zero-order chi connectivity index (χ0) is 60.7. The molecular weight excluding hydrogens is 1100 g/mol. The second-order valence-electron chi connectivity index (χ2n) is 23.0. The molecule has 0 aromatic heterocycles. The van der Waals surface area contributed by atoms with Crippen LogP contribution < -0.4 is 4.74 Å². The molecule has 5 fully saturated rings. The van der Waals surface area contributed by atoms with Crippen molar-refractivity contribution in [3.05, 3.63) is 53.1 Å². The number of aliphatic hydroxyl groups excluding tert-OH is 7. The highest BCUT2D eigenvalue weighted by Crippen LogP contribution is 2.48. The molecule has 83 heavy (non-hydrogen) atoms. The Hall–Kier alpha value is -4.33. The normalized spacial score (nSPS) is 40.0. The summed E-state index contributed by atoms with van der Waals surface area (Å²) in [7, 11) is 1.18. The summed E-state index contributed by atoms with van der Waals surface area (Å²) >= 11 is 0. The minimum Gasteiger partial charge on any atom is -0.507 e. The Labute approximate surface area is 480 Å². The van der Waals surface area contributed by atoms with Crippen molar-refractivity contribution in [1.82, 2.24) is 0 Å². The van der Waals surface area contributed by atoms with E-state index in [2.05, 4.69) is 0 Å². The first-order valence-corrected chi connectivity index (χ1v) is 28.3. The van der Waals surface area contributed by atoms with Crippen LogP contribution in [-0.2, 0) is 68.1 Å². The van der Waals surface area contributed by atoms with E-state index in [4.69, 9.17) is 56.8 Å². The molecule has 0 amide bonds. The highest BCUT2D eigenvalue weighted by atomic mass is 16.7. The van der Waals surface area contributed by atoms with Gasteiger partial charge in [0.1, 0.15) is 72.2 Å². The van der Waals surface area contributed by atoms with Gasteiger partial charge in [-0.25, -0.2) is 4.79 Å². The molecule has 5 unspecified atom stereocenters. The molecule has 5 heterocycles.